The normalized spacial score (nSPS) is 22.6. The molecule has 0 saturated carbocycles. The van der Waals surface area contributed by atoms with Crippen molar-refractivity contribution in [2.45, 2.75) is 52.1 Å². The summed E-state index contributed by atoms with van der Waals surface area (Å²) in [6, 6.07) is -0.00151. The third-order valence-electron chi connectivity index (χ3n) is 5.32. The van der Waals surface area contributed by atoms with Crippen LogP contribution in [0, 0.1) is 5.92 Å². The number of carbonyl (C=O) groups is 2. The van der Waals surface area contributed by atoms with Crippen LogP contribution >= 0.6 is 0 Å². The van der Waals surface area contributed by atoms with Crippen molar-refractivity contribution in [3.05, 3.63) is 17.7 Å². The molecule has 25 heavy (non-hydrogen) atoms. The molecule has 7 nitrogen and oxygen atoms in total. The molecule has 1 aromatic heterocycles. The lowest BCUT2D eigenvalue weighted by atomic mass is 9.88. The van der Waals surface area contributed by atoms with Gasteiger partial charge in [-0.05, 0) is 33.6 Å². The van der Waals surface area contributed by atoms with Crippen molar-refractivity contribution < 1.29 is 9.59 Å². The van der Waals surface area contributed by atoms with Crippen molar-refractivity contribution in [2.24, 2.45) is 5.92 Å². The molecule has 2 N–H and O–H groups in total. The molecule has 1 saturated heterocycles. The Morgan fingerprint density at radius 3 is 2.64 bits per heavy atom. The van der Waals surface area contributed by atoms with Gasteiger partial charge in [0.15, 0.2) is 0 Å². The fourth-order valence-electron chi connectivity index (χ4n) is 3.77. The predicted molar refractivity (Wildman–Crippen MR) is 95.0 cm³/mol. The Balaban J connectivity index is 1.50. The molecule has 0 bridgehead atoms. The van der Waals surface area contributed by atoms with Crippen molar-refractivity contribution in [1.82, 2.24) is 25.1 Å². The third kappa shape index (κ3) is 4.03. The summed E-state index contributed by atoms with van der Waals surface area (Å²) in [5.41, 5.74) is 2.22. The molecule has 7 heteroatoms. The standard InChI is InChI=1S/C18H29N5O2/c1-12(2)21-17(24)13(3)22-6-8-23(9-7-22)18(25)14-4-5-15-16(10-14)20-11-19-15/h11-14H,4-10H2,1-3H3,(H,19,20)(H,21,24). The van der Waals surface area contributed by atoms with Crippen LogP contribution < -0.4 is 5.32 Å². The molecule has 0 aromatic carbocycles. The molecule has 2 aliphatic rings. The highest BCUT2D eigenvalue weighted by molar-refractivity contribution is 5.82. The maximum atomic E-state index is 12.8. The number of nitrogens with zero attached hydrogens (tertiary/aromatic N) is 3. The van der Waals surface area contributed by atoms with Crippen molar-refractivity contribution >= 4 is 11.8 Å². The molecule has 2 heterocycles. The maximum Gasteiger partial charge on any atom is 0.237 e. The van der Waals surface area contributed by atoms with Gasteiger partial charge in [0.2, 0.25) is 11.8 Å². The smallest absolute Gasteiger partial charge is 0.237 e. The number of fused-ring (bicyclic) bond motifs is 1. The molecular formula is C18H29N5O2. The van der Waals surface area contributed by atoms with Gasteiger partial charge in [0.25, 0.3) is 0 Å². The van der Waals surface area contributed by atoms with E-state index < -0.39 is 0 Å². The van der Waals surface area contributed by atoms with E-state index in [4.69, 9.17) is 0 Å². The second-order valence-electron chi connectivity index (χ2n) is 7.47. The molecular weight excluding hydrogens is 318 g/mol. The van der Waals surface area contributed by atoms with E-state index >= 15 is 0 Å². The van der Waals surface area contributed by atoms with Crippen LogP contribution in [0.2, 0.25) is 0 Å². The highest BCUT2D eigenvalue weighted by Crippen LogP contribution is 2.25. The van der Waals surface area contributed by atoms with Gasteiger partial charge in [-0.15, -0.1) is 0 Å². The van der Waals surface area contributed by atoms with Crippen LogP contribution in [0.25, 0.3) is 0 Å². The number of aromatic amines is 1. The van der Waals surface area contributed by atoms with E-state index in [0.717, 1.165) is 43.7 Å². The lowest BCUT2D eigenvalue weighted by Gasteiger charge is -2.39. The lowest BCUT2D eigenvalue weighted by molar-refractivity contribution is -0.138. The third-order valence-corrected chi connectivity index (χ3v) is 5.32. The molecule has 2 amide bonds. The van der Waals surface area contributed by atoms with E-state index in [1.165, 1.54) is 0 Å². The Bertz CT molecular complexity index is 619. The first-order chi connectivity index (χ1) is 12.0. The number of hydrogen-bond acceptors (Lipinski definition) is 4. The molecule has 138 valence electrons. The number of carbonyl (C=O) groups excluding carboxylic acids is 2. The van der Waals surface area contributed by atoms with Gasteiger partial charge in [0, 0.05) is 50.3 Å². The van der Waals surface area contributed by atoms with E-state index in [0.29, 0.717) is 13.1 Å². The summed E-state index contributed by atoms with van der Waals surface area (Å²) in [7, 11) is 0. The first kappa shape index (κ1) is 17.9. The minimum Gasteiger partial charge on any atom is -0.353 e. The van der Waals surface area contributed by atoms with Crippen LogP contribution in [0.5, 0.6) is 0 Å². The summed E-state index contributed by atoms with van der Waals surface area (Å²) >= 11 is 0. The maximum absolute atomic E-state index is 12.8. The highest BCUT2D eigenvalue weighted by atomic mass is 16.2. The quantitative estimate of drug-likeness (QED) is 0.834. The number of nitrogens with one attached hydrogen (secondary N) is 2. The van der Waals surface area contributed by atoms with Gasteiger partial charge in [0.1, 0.15) is 0 Å². The highest BCUT2D eigenvalue weighted by Gasteiger charge is 2.33. The van der Waals surface area contributed by atoms with Crippen molar-refractivity contribution in [2.75, 3.05) is 26.2 Å². The molecule has 2 atom stereocenters. The number of amides is 2. The van der Waals surface area contributed by atoms with Crippen molar-refractivity contribution in [1.29, 1.82) is 0 Å². The summed E-state index contributed by atoms with van der Waals surface area (Å²) < 4.78 is 0. The Morgan fingerprint density at radius 2 is 1.96 bits per heavy atom. The van der Waals surface area contributed by atoms with Gasteiger partial charge < -0.3 is 15.2 Å². The molecule has 2 unspecified atom stereocenters. The summed E-state index contributed by atoms with van der Waals surface area (Å²) in [4.78, 5) is 36.6. The summed E-state index contributed by atoms with van der Waals surface area (Å²) in [5, 5.41) is 2.96. The number of imidazole rings is 1. The lowest BCUT2D eigenvalue weighted by Crippen LogP contribution is -2.56. The second kappa shape index (κ2) is 7.56. The van der Waals surface area contributed by atoms with Crippen LogP contribution in [0.15, 0.2) is 6.33 Å². The average Bonchev–Trinajstić information content (AvgIpc) is 3.07. The Morgan fingerprint density at radius 1 is 1.24 bits per heavy atom. The second-order valence-corrected chi connectivity index (χ2v) is 7.47. The fourth-order valence-corrected chi connectivity index (χ4v) is 3.77. The van der Waals surface area contributed by atoms with E-state index in [-0.39, 0.29) is 29.8 Å². The molecule has 1 aromatic rings. The topological polar surface area (TPSA) is 81.3 Å². The van der Waals surface area contributed by atoms with Crippen LogP contribution in [0.3, 0.4) is 0 Å². The number of aryl methyl sites for hydroxylation is 1. The van der Waals surface area contributed by atoms with Gasteiger partial charge >= 0.3 is 0 Å². The van der Waals surface area contributed by atoms with Crippen LogP contribution in [0.1, 0.15) is 38.6 Å². The minimum absolute atomic E-state index is 0.0566. The average molecular weight is 347 g/mol. The zero-order chi connectivity index (χ0) is 18.0. The molecule has 1 fully saturated rings. The predicted octanol–water partition coefficient (Wildman–Crippen LogP) is 0.572. The number of piperazine rings is 1. The number of hydrogen-bond donors (Lipinski definition) is 2. The number of aromatic nitrogens is 2. The molecule has 3 rings (SSSR count). The molecule has 1 aliphatic carbocycles. The SMILES string of the molecule is CC(C)NC(=O)C(C)N1CCN(C(=O)C2CCc3nc[nH]c3C2)CC1. The number of H-pyrrole nitrogens is 1. The van der Waals surface area contributed by atoms with Crippen LogP contribution in [-0.2, 0) is 22.4 Å². The first-order valence-electron chi connectivity index (χ1n) is 9.30. The Hall–Kier alpha value is -1.89. The van der Waals surface area contributed by atoms with Gasteiger partial charge in [0.05, 0.1) is 18.1 Å². The van der Waals surface area contributed by atoms with Gasteiger partial charge in [-0.3, -0.25) is 14.5 Å². The van der Waals surface area contributed by atoms with E-state index in [1.807, 2.05) is 25.7 Å². The van der Waals surface area contributed by atoms with Gasteiger partial charge in [-0.1, -0.05) is 0 Å². The zero-order valence-electron chi connectivity index (χ0n) is 15.4. The summed E-state index contributed by atoms with van der Waals surface area (Å²) in [5.74, 6) is 0.370. The molecule has 0 radical (unpaired) electrons. The monoisotopic (exact) mass is 347 g/mol. The van der Waals surface area contributed by atoms with Crippen molar-refractivity contribution in [3.63, 3.8) is 0 Å². The first-order valence-corrected chi connectivity index (χ1v) is 9.30. The van der Waals surface area contributed by atoms with Crippen LogP contribution in [-0.4, -0.2) is 69.8 Å². The Labute approximate surface area is 149 Å². The summed E-state index contributed by atoms with van der Waals surface area (Å²) in [6.45, 7) is 8.78. The largest absolute Gasteiger partial charge is 0.353 e. The van der Waals surface area contributed by atoms with E-state index in [1.54, 1.807) is 6.33 Å². The van der Waals surface area contributed by atoms with Gasteiger partial charge in [-0.25, -0.2) is 4.98 Å². The fraction of sp³-hybridized carbons (Fsp3) is 0.722. The van der Waals surface area contributed by atoms with Crippen LogP contribution in [0.4, 0.5) is 0 Å². The van der Waals surface area contributed by atoms with Crippen molar-refractivity contribution in [3.8, 4) is 0 Å². The van der Waals surface area contributed by atoms with Gasteiger partial charge in [-0.2, -0.15) is 0 Å². The Kier molecular flexibility index (Phi) is 5.42. The van der Waals surface area contributed by atoms with E-state index in [2.05, 4.69) is 20.2 Å². The summed E-state index contributed by atoms with van der Waals surface area (Å²) in [6.07, 6.45) is 4.24. The molecule has 0 spiro atoms. The minimum atomic E-state index is -0.151. The zero-order valence-corrected chi connectivity index (χ0v) is 15.4. The number of rotatable bonds is 4. The van der Waals surface area contributed by atoms with E-state index in [9.17, 15) is 9.59 Å². The molecule has 1 aliphatic heterocycles.